The standard InChI is InChI=1S/C24H26Cl2N6O3/c25-18-11-16(12-19(26)14-18)15-35-24(34)32-5-3-20(4-6-32)30-7-9-31(10-8-30)23(33)17-1-2-21-22(13-17)28-29-27-21/h1-2,11-14,20H,3-10,15H2,(H,27,28,29). The van der Waals surface area contributed by atoms with Gasteiger partial charge < -0.3 is 14.5 Å². The van der Waals surface area contributed by atoms with Crippen molar-refractivity contribution in [2.45, 2.75) is 25.5 Å². The highest BCUT2D eigenvalue weighted by molar-refractivity contribution is 6.34. The van der Waals surface area contributed by atoms with Gasteiger partial charge in [0, 0.05) is 60.9 Å². The van der Waals surface area contributed by atoms with E-state index in [0.717, 1.165) is 37.0 Å². The Hall–Kier alpha value is -2.88. The van der Waals surface area contributed by atoms with Crippen LogP contribution in [0.25, 0.3) is 11.0 Å². The molecule has 2 fully saturated rings. The number of piperazine rings is 1. The summed E-state index contributed by atoms with van der Waals surface area (Å²) in [6.45, 7) is 4.44. The Morgan fingerprint density at radius 2 is 1.66 bits per heavy atom. The summed E-state index contributed by atoms with van der Waals surface area (Å²) >= 11 is 12.0. The highest BCUT2D eigenvalue weighted by Crippen LogP contribution is 2.22. The van der Waals surface area contributed by atoms with Crippen LogP contribution in [0.4, 0.5) is 4.79 Å². The lowest BCUT2D eigenvalue weighted by Crippen LogP contribution is -2.54. The summed E-state index contributed by atoms with van der Waals surface area (Å²) in [5.41, 5.74) is 2.90. The number of aromatic amines is 1. The van der Waals surface area contributed by atoms with Crippen LogP contribution in [0.2, 0.25) is 10.0 Å². The number of hydrogen-bond donors (Lipinski definition) is 1. The van der Waals surface area contributed by atoms with Crippen LogP contribution >= 0.6 is 23.2 Å². The number of amides is 2. The molecule has 3 heterocycles. The molecule has 2 aliphatic rings. The van der Waals surface area contributed by atoms with Crippen molar-refractivity contribution in [2.75, 3.05) is 39.3 Å². The molecule has 5 rings (SSSR count). The molecule has 1 aromatic heterocycles. The Balaban J connectivity index is 1.07. The monoisotopic (exact) mass is 516 g/mol. The van der Waals surface area contributed by atoms with Crippen molar-refractivity contribution < 1.29 is 14.3 Å². The number of rotatable bonds is 4. The molecule has 0 unspecified atom stereocenters. The molecule has 2 aromatic carbocycles. The van der Waals surface area contributed by atoms with Crippen molar-refractivity contribution in [3.05, 3.63) is 57.6 Å². The molecule has 0 radical (unpaired) electrons. The summed E-state index contributed by atoms with van der Waals surface area (Å²) in [5, 5.41) is 11.6. The highest BCUT2D eigenvalue weighted by Gasteiger charge is 2.31. The fourth-order valence-electron chi connectivity index (χ4n) is 4.79. The molecule has 35 heavy (non-hydrogen) atoms. The van der Waals surface area contributed by atoms with Gasteiger partial charge in [0.25, 0.3) is 5.91 Å². The molecule has 3 aromatic rings. The van der Waals surface area contributed by atoms with Crippen LogP contribution in [0.15, 0.2) is 36.4 Å². The predicted molar refractivity (Wildman–Crippen MR) is 133 cm³/mol. The second-order valence-electron chi connectivity index (χ2n) is 8.92. The molecule has 11 heteroatoms. The van der Waals surface area contributed by atoms with Gasteiger partial charge >= 0.3 is 6.09 Å². The maximum atomic E-state index is 12.9. The van der Waals surface area contributed by atoms with Crippen LogP contribution in [-0.4, -0.2) is 87.4 Å². The molecular weight excluding hydrogens is 491 g/mol. The van der Waals surface area contributed by atoms with E-state index in [-0.39, 0.29) is 18.6 Å². The van der Waals surface area contributed by atoms with E-state index in [2.05, 4.69) is 20.3 Å². The minimum Gasteiger partial charge on any atom is -0.445 e. The molecule has 9 nitrogen and oxygen atoms in total. The molecular formula is C24H26Cl2N6O3. The molecule has 2 saturated heterocycles. The third-order valence-electron chi connectivity index (χ3n) is 6.70. The minimum absolute atomic E-state index is 0.0214. The molecule has 184 valence electrons. The van der Waals surface area contributed by atoms with Crippen LogP contribution in [0, 0.1) is 0 Å². The van der Waals surface area contributed by atoms with E-state index in [1.807, 2.05) is 17.0 Å². The van der Waals surface area contributed by atoms with Crippen molar-refractivity contribution in [1.29, 1.82) is 0 Å². The highest BCUT2D eigenvalue weighted by atomic mass is 35.5. The van der Waals surface area contributed by atoms with Crippen LogP contribution in [0.5, 0.6) is 0 Å². The van der Waals surface area contributed by atoms with Crippen LogP contribution in [0.3, 0.4) is 0 Å². The van der Waals surface area contributed by atoms with Gasteiger partial charge in [0.2, 0.25) is 0 Å². The topological polar surface area (TPSA) is 94.7 Å². The van der Waals surface area contributed by atoms with Gasteiger partial charge in [-0.25, -0.2) is 4.79 Å². The number of hydrogen-bond acceptors (Lipinski definition) is 6. The van der Waals surface area contributed by atoms with Gasteiger partial charge in [-0.15, -0.1) is 5.10 Å². The van der Waals surface area contributed by atoms with E-state index >= 15 is 0 Å². The van der Waals surface area contributed by atoms with Gasteiger partial charge in [0.05, 0.1) is 5.52 Å². The first-order chi connectivity index (χ1) is 17.0. The minimum atomic E-state index is -0.320. The Labute approximate surface area is 212 Å². The number of halogens is 2. The summed E-state index contributed by atoms with van der Waals surface area (Å²) < 4.78 is 5.46. The van der Waals surface area contributed by atoms with Crippen molar-refractivity contribution in [3.8, 4) is 0 Å². The molecule has 0 bridgehead atoms. The zero-order chi connectivity index (χ0) is 24.4. The van der Waals surface area contributed by atoms with Crippen molar-refractivity contribution in [1.82, 2.24) is 30.1 Å². The number of fused-ring (bicyclic) bond motifs is 1. The van der Waals surface area contributed by atoms with Crippen LogP contribution in [-0.2, 0) is 11.3 Å². The first kappa shape index (κ1) is 23.8. The lowest BCUT2D eigenvalue weighted by molar-refractivity contribution is 0.0401. The summed E-state index contributed by atoms with van der Waals surface area (Å²) in [6.07, 6.45) is 1.45. The number of nitrogens with one attached hydrogen (secondary N) is 1. The van der Waals surface area contributed by atoms with Crippen molar-refractivity contribution >= 4 is 46.2 Å². The van der Waals surface area contributed by atoms with Crippen molar-refractivity contribution in [3.63, 3.8) is 0 Å². The van der Waals surface area contributed by atoms with Crippen LogP contribution in [0.1, 0.15) is 28.8 Å². The summed E-state index contributed by atoms with van der Waals surface area (Å²) in [6, 6.07) is 11.0. The lowest BCUT2D eigenvalue weighted by Gasteiger charge is -2.42. The number of aromatic nitrogens is 3. The molecule has 0 aliphatic carbocycles. The van der Waals surface area contributed by atoms with E-state index in [1.54, 1.807) is 29.2 Å². The summed E-state index contributed by atoms with van der Waals surface area (Å²) in [7, 11) is 0. The van der Waals surface area contributed by atoms with Gasteiger partial charge in [-0.1, -0.05) is 28.4 Å². The first-order valence-electron chi connectivity index (χ1n) is 11.7. The zero-order valence-corrected chi connectivity index (χ0v) is 20.6. The normalized spacial score (nSPS) is 17.7. The van der Waals surface area contributed by atoms with Gasteiger partial charge in [0.15, 0.2) is 0 Å². The number of piperidine rings is 1. The fourth-order valence-corrected chi connectivity index (χ4v) is 5.36. The molecule has 2 aliphatic heterocycles. The molecule has 0 spiro atoms. The number of ether oxygens (including phenoxy) is 1. The van der Waals surface area contributed by atoms with E-state index in [4.69, 9.17) is 27.9 Å². The number of carbonyl (C=O) groups is 2. The molecule has 2 amide bonds. The number of carbonyl (C=O) groups excluding carboxylic acids is 2. The number of benzene rings is 2. The fraction of sp³-hybridized carbons (Fsp3) is 0.417. The quantitative estimate of drug-likeness (QED) is 0.566. The SMILES string of the molecule is O=C(OCc1cc(Cl)cc(Cl)c1)N1CCC(N2CCN(C(=O)c3ccc4[nH]nnc4c3)CC2)CC1. The Kier molecular flexibility index (Phi) is 7.08. The number of likely N-dealkylation sites (tertiary alicyclic amines) is 1. The third kappa shape index (κ3) is 5.52. The maximum absolute atomic E-state index is 12.9. The molecule has 0 saturated carbocycles. The van der Waals surface area contributed by atoms with Gasteiger partial charge in [-0.2, -0.15) is 0 Å². The summed E-state index contributed by atoms with van der Waals surface area (Å²) in [4.78, 5) is 31.5. The van der Waals surface area contributed by atoms with Crippen molar-refractivity contribution in [2.24, 2.45) is 0 Å². The Bertz CT molecular complexity index is 1200. The predicted octanol–water partition coefficient (Wildman–Crippen LogP) is 3.82. The van der Waals surface area contributed by atoms with E-state index in [9.17, 15) is 9.59 Å². The largest absolute Gasteiger partial charge is 0.445 e. The Morgan fingerprint density at radius 3 is 2.37 bits per heavy atom. The van der Waals surface area contributed by atoms with E-state index in [0.29, 0.717) is 53.3 Å². The van der Waals surface area contributed by atoms with Crippen LogP contribution < -0.4 is 0 Å². The third-order valence-corrected chi connectivity index (χ3v) is 7.13. The second-order valence-corrected chi connectivity index (χ2v) is 9.80. The van der Waals surface area contributed by atoms with Gasteiger partial charge in [-0.3, -0.25) is 14.8 Å². The van der Waals surface area contributed by atoms with Gasteiger partial charge in [0.1, 0.15) is 12.1 Å². The maximum Gasteiger partial charge on any atom is 0.410 e. The van der Waals surface area contributed by atoms with E-state index < -0.39 is 0 Å². The Morgan fingerprint density at radius 1 is 0.943 bits per heavy atom. The molecule has 1 N–H and O–H groups in total. The van der Waals surface area contributed by atoms with E-state index in [1.165, 1.54) is 0 Å². The first-order valence-corrected chi connectivity index (χ1v) is 12.4. The average Bonchev–Trinajstić information content (AvgIpc) is 3.34. The average molecular weight is 517 g/mol. The van der Waals surface area contributed by atoms with Gasteiger partial charge in [-0.05, 0) is 54.8 Å². The zero-order valence-electron chi connectivity index (χ0n) is 19.1. The second kappa shape index (κ2) is 10.4. The molecule has 0 atom stereocenters. The summed E-state index contributed by atoms with van der Waals surface area (Å²) in [5.74, 6) is 0.0214. The lowest BCUT2D eigenvalue weighted by atomic mass is 10.0. The number of nitrogens with zero attached hydrogens (tertiary/aromatic N) is 5. The smallest absolute Gasteiger partial charge is 0.410 e. The number of H-pyrrole nitrogens is 1.